The van der Waals surface area contributed by atoms with E-state index >= 15 is 0 Å². The Balaban J connectivity index is 1.67. The van der Waals surface area contributed by atoms with Gasteiger partial charge in [-0.15, -0.1) is 26.6 Å². The van der Waals surface area contributed by atoms with E-state index in [9.17, 15) is 0 Å². The van der Waals surface area contributed by atoms with Crippen LogP contribution in [-0.4, -0.2) is 24.8 Å². The smallest absolute Gasteiger partial charge is 0.203 e. The van der Waals surface area contributed by atoms with Crippen molar-refractivity contribution in [1.29, 1.82) is 0 Å². The van der Waals surface area contributed by atoms with Gasteiger partial charge in [0.1, 0.15) is 11.5 Å². The Morgan fingerprint density at radius 2 is 2.05 bits per heavy atom. The Kier molecular flexibility index (Phi) is 3.24. The fraction of sp³-hybridized carbons (Fsp3) is 0.0667. The maximum atomic E-state index is 4.56. The van der Waals surface area contributed by atoms with Gasteiger partial charge in [-0.3, -0.25) is 4.98 Å². The van der Waals surface area contributed by atoms with E-state index in [-0.39, 0.29) is 0 Å². The van der Waals surface area contributed by atoms with E-state index in [0.29, 0.717) is 11.5 Å². The lowest BCUT2D eigenvalue weighted by atomic mass is 10.3. The van der Waals surface area contributed by atoms with Gasteiger partial charge in [0.2, 0.25) is 5.82 Å². The number of nitrogens with one attached hydrogen (secondary N) is 1. The maximum absolute atomic E-state index is 4.56. The molecule has 0 radical (unpaired) electrons. The van der Waals surface area contributed by atoms with Crippen LogP contribution in [0.15, 0.2) is 54.0 Å². The average molecular weight is 308 g/mol. The second kappa shape index (κ2) is 5.53. The highest BCUT2D eigenvalue weighted by Gasteiger charge is 2.10. The summed E-state index contributed by atoms with van der Waals surface area (Å²) < 4.78 is 1.71. The quantitative estimate of drug-likeness (QED) is 0.628. The number of hydrogen-bond donors (Lipinski definition) is 1. The predicted octanol–water partition coefficient (Wildman–Crippen LogP) is 2.86. The summed E-state index contributed by atoms with van der Waals surface area (Å²) in [6.07, 6.45) is 1.73. The van der Waals surface area contributed by atoms with E-state index in [1.807, 2.05) is 36.4 Å². The standard InChI is InChI=1S/C15H12N6S/c1-2-8-16-12(5-1)15-19-18-14-7-6-13(20-21(14)15)17-10-11-4-3-9-22-11/h1-9H,10H2,(H,17,20). The molecule has 4 aromatic heterocycles. The molecule has 4 rings (SSSR count). The van der Waals surface area contributed by atoms with Crippen molar-refractivity contribution in [3.05, 3.63) is 58.9 Å². The van der Waals surface area contributed by atoms with Crippen LogP contribution in [0, 0.1) is 0 Å². The van der Waals surface area contributed by atoms with E-state index in [1.165, 1.54) is 4.88 Å². The Hall–Kier alpha value is -2.80. The van der Waals surface area contributed by atoms with Gasteiger partial charge in [0.25, 0.3) is 0 Å². The van der Waals surface area contributed by atoms with Gasteiger partial charge in [0.15, 0.2) is 5.65 Å². The minimum Gasteiger partial charge on any atom is -0.364 e. The van der Waals surface area contributed by atoms with Crippen molar-refractivity contribution in [2.75, 3.05) is 5.32 Å². The van der Waals surface area contributed by atoms with Crippen LogP contribution in [0.5, 0.6) is 0 Å². The number of rotatable bonds is 4. The molecule has 0 spiro atoms. The molecule has 22 heavy (non-hydrogen) atoms. The number of pyridine rings is 1. The lowest BCUT2D eigenvalue weighted by Crippen LogP contribution is -2.04. The Morgan fingerprint density at radius 3 is 2.86 bits per heavy atom. The second-order valence-electron chi connectivity index (χ2n) is 4.66. The highest BCUT2D eigenvalue weighted by molar-refractivity contribution is 7.09. The molecular formula is C15H12N6S. The maximum Gasteiger partial charge on any atom is 0.203 e. The highest BCUT2D eigenvalue weighted by Crippen LogP contribution is 2.16. The highest BCUT2D eigenvalue weighted by atomic mass is 32.1. The first-order valence-corrected chi connectivity index (χ1v) is 7.68. The molecule has 4 heterocycles. The second-order valence-corrected chi connectivity index (χ2v) is 5.69. The summed E-state index contributed by atoms with van der Waals surface area (Å²) in [5, 5.41) is 18.2. The van der Waals surface area contributed by atoms with E-state index in [1.54, 1.807) is 22.0 Å². The van der Waals surface area contributed by atoms with Crippen LogP contribution in [0.2, 0.25) is 0 Å². The van der Waals surface area contributed by atoms with Crippen molar-refractivity contribution in [2.24, 2.45) is 0 Å². The summed E-state index contributed by atoms with van der Waals surface area (Å²) in [6.45, 7) is 0.747. The van der Waals surface area contributed by atoms with Crippen LogP contribution in [0.4, 0.5) is 5.82 Å². The first kappa shape index (κ1) is 12.9. The van der Waals surface area contributed by atoms with Gasteiger partial charge in [0.05, 0.1) is 6.54 Å². The molecule has 0 aromatic carbocycles. The van der Waals surface area contributed by atoms with Crippen molar-refractivity contribution in [3.8, 4) is 11.5 Å². The molecule has 0 aliphatic heterocycles. The number of thiophene rings is 1. The van der Waals surface area contributed by atoms with Crippen molar-refractivity contribution < 1.29 is 0 Å². The molecule has 4 aromatic rings. The van der Waals surface area contributed by atoms with Gasteiger partial charge >= 0.3 is 0 Å². The third-order valence-electron chi connectivity index (χ3n) is 3.18. The van der Waals surface area contributed by atoms with Crippen LogP contribution in [-0.2, 0) is 6.54 Å². The van der Waals surface area contributed by atoms with Crippen molar-refractivity contribution in [1.82, 2.24) is 24.8 Å². The molecule has 0 unspecified atom stereocenters. The number of hydrogen-bond acceptors (Lipinski definition) is 6. The van der Waals surface area contributed by atoms with Crippen molar-refractivity contribution in [2.45, 2.75) is 6.54 Å². The summed E-state index contributed by atoms with van der Waals surface area (Å²) in [5.74, 6) is 1.41. The molecule has 0 amide bonds. The summed E-state index contributed by atoms with van der Waals surface area (Å²) in [6, 6.07) is 13.6. The first-order chi connectivity index (χ1) is 10.9. The molecule has 0 saturated carbocycles. The molecule has 7 heteroatoms. The van der Waals surface area contributed by atoms with Gasteiger partial charge in [-0.05, 0) is 35.7 Å². The normalized spacial score (nSPS) is 10.9. The number of fused-ring (bicyclic) bond motifs is 1. The largest absolute Gasteiger partial charge is 0.364 e. The summed E-state index contributed by atoms with van der Waals surface area (Å²) in [7, 11) is 0. The molecule has 0 aliphatic rings. The van der Waals surface area contributed by atoms with Crippen LogP contribution < -0.4 is 5.32 Å². The van der Waals surface area contributed by atoms with E-state index < -0.39 is 0 Å². The molecule has 0 aliphatic carbocycles. The van der Waals surface area contributed by atoms with Crippen LogP contribution >= 0.6 is 11.3 Å². The van der Waals surface area contributed by atoms with Gasteiger partial charge in [-0.1, -0.05) is 12.1 Å². The molecule has 108 valence electrons. The minimum atomic E-state index is 0.635. The van der Waals surface area contributed by atoms with Crippen LogP contribution in [0.25, 0.3) is 17.2 Å². The Morgan fingerprint density at radius 1 is 1.05 bits per heavy atom. The van der Waals surface area contributed by atoms with Crippen LogP contribution in [0.3, 0.4) is 0 Å². The third-order valence-corrected chi connectivity index (χ3v) is 4.06. The summed E-state index contributed by atoms with van der Waals surface area (Å²) in [4.78, 5) is 5.57. The van der Waals surface area contributed by atoms with Gasteiger partial charge in [-0.25, -0.2) is 0 Å². The number of aromatic nitrogens is 5. The molecular weight excluding hydrogens is 296 g/mol. The molecule has 1 N–H and O–H groups in total. The third kappa shape index (κ3) is 2.42. The fourth-order valence-corrected chi connectivity index (χ4v) is 2.77. The lowest BCUT2D eigenvalue weighted by molar-refractivity contribution is 0.922. The monoisotopic (exact) mass is 308 g/mol. The molecule has 0 saturated heterocycles. The lowest BCUT2D eigenvalue weighted by Gasteiger charge is -2.05. The van der Waals surface area contributed by atoms with Crippen molar-refractivity contribution >= 4 is 22.8 Å². The van der Waals surface area contributed by atoms with E-state index in [0.717, 1.165) is 18.1 Å². The van der Waals surface area contributed by atoms with Gasteiger partial charge in [-0.2, -0.15) is 4.52 Å². The van der Waals surface area contributed by atoms with Gasteiger partial charge < -0.3 is 5.32 Å². The molecule has 0 bridgehead atoms. The summed E-state index contributed by atoms with van der Waals surface area (Å²) in [5.41, 5.74) is 1.44. The van der Waals surface area contributed by atoms with Crippen molar-refractivity contribution in [3.63, 3.8) is 0 Å². The number of nitrogens with zero attached hydrogens (tertiary/aromatic N) is 5. The van der Waals surface area contributed by atoms with Crippen LogP contribution in [0.1, 0.15) is 4.88 Å². The summed E-state index contributed by atoms with van der Waals surface area (Å²) >= 11 is 1.72. The molecule has 0 fully saturated rings. The van der Waals surface area contributed by atoms with E-state index in [4.69, 9.17) is 0 Å². The predicted molar refractivity (Wildman–Crippen MR) is 85.7 cm³/mol. The number of anilines is 1. The topological polar surface area (TPSA) is 68.0 Å². The zero-order valence-electron chi connectivity index (χ0n) is 11.5. The van der Waals surface area contributed by atoms with E-state index in [2.05, 4.69) is 37.0 Å². The Labute approximate surface area is 130 Å². The Bertz CT molecular complexity index is 885. The SMILES string of the molecule is c1ccc(-c2nnc3ccc(NCc4cccs4)nn23)nc1. The first-order valence-electron chi connectivity index (χ1n) is 6.80. The molecule has 6 nitrogen and oxygen atoms in total. The van der Waals surface area contributed by atoms with Gasteiger partial charge in [0, 0.05) is 11.1 Å². The average Bonchev–Trinajstić information content (AvgIpc) is 3.23. The minimum absolute atomic E-state index is 0.635. The molecule has 0 atom stereocenters. The zero-order chi connectivity index (χ0) is 14.8. The fourth-order valence-electron chi connectivity index (χ4n) is 2.13. The zero-order valence-corrected chi connectivity index (χ0v) is 12.4.